The van der Waals surface area contributed by atoms with Gasteiger partial charge in [0.05, 0.1) is 24.2 Å². The fourth-order valence-corrected chi connectivity index (χ4v) is 17.3. The average molecular weight is 936 g/mol. The van der Waals surface area contributed by atoms with Crippen LogP contribution in [-0.4, -0.2) is 104 Å². The number of halogens is 2. The summed E-state index contributed by atoms with van der Waals surface area (Å²) in [5.41, 5.74) is -1.91. The van der Waals surface area contributed by atoms with Crippen LogP contribution in [0.3, 0.4) is 0 Å². The van der Waals surface area contributed by atoms with Crippen molar-refractivity contribution in [3.8, 4) is 0 Å². The van der Waals surface area contributed by atoms with E-state index in [1.54, 1.807) is 14.2 Å². The van der Waals surface area contributed by atoms with E-state index in [0.717, 1.165) is 90.1 Å². The molecule has 2 N–H and O–H groups in total. The third kappa shape index (κ3) is 8.07. The minimum atomic E-state index is -0.671. The number of alkyl carbamates (subject to hydrolysis) is 1. The van der Waals surface area contributed by atoms with Crippen molar-refractivity contribution < 1.29 is 38.5 Å². The summed E-state index contributed by atoms with van der Waals surface area (Å²) < 4.78 is 18.4. The van der Waals surface area contributed by atoms with E-state index >= 15 is 0 Å². The van der Waals surface area contributed by atoms with Gasteiger partial charge in [-0.15, -0.1) is 23.2 Å². The Balaban J connectivity index is 0.000000206. The second-order valence-electron chi connectivity index (χ2n) is 23.8. The maximum atomic E-state index is 14.3. The number of imide groups is 1. The van der Waals surface area contributed by atoms with Gasteiger partial charge in [0.15, 0.2) is 0 Å². The number of ether oxygens (including phenoxy) is 3. The molecule has 64 heavy (non-hydrogen) atoms. The first kappa shape index (κ1) is 50.6. The van der Waals surface area contributed by atoms with Crippen LogP contribution in [0.1, 0.15) is 152 Å². The first-order valence-corrected chi connectivity index (χ1v) is 26.4. The third-order valence-electron chi connectivity index (χ3n) is 21.2. The number of hydrogen-bond donors (Lipinski definition) is 2. The average Bonchev–Trinajstić information content (AvgIpc) is 4.09. The summed E-state index contributed by atoms with van der Waals surface area (Å²) >= 11 is 12.1. The standard InChI is InChI=1S/C30H47ClN2O5.C22H37ClO3/c1-18-7-11-30-12-8-22(37-5)24(30)29(18,4)23(15-28(3,10-6-13-31)25(34)19(30)2)38-27(36)32-26(35)21-17-33-14-9-20(21)16-33;1-14-7-10-22-11-8-16(26-5)18(22)21(14,4)17(24)13-20(3,9-6-12-23)19(25)15(22)2/h18-24H,6-17H2,1-5H3,(H,32,35,36);14-18,24H,6-13H2,1-5H3/t18-,19+,20-,21+,22-,23-,24?,28-,29+,30?;14-,15+,16-,17-,18?,20-,21+,22?/m11/s1. The lowest BCUT2D eigenvalue weighted by molar-refractivity contribution is -0.192. The van der Waals surface area contributed by atoms with Gasteiger partial charge >= 0.3 is 6.09 Å². The van der Waals surface area contributed by atoms with E-state index in [1.807, 2.05) is 6.92 Å². The second-order valence-corrected chi connectivity index (χ2v) is 24.5. The van der Waals surface area contributed by atoms with Gasteiger partial charge in [-0.3, -0.25) is 19.7 Å². The quantitative estimate of drug-likeness (QED) is 0.206. The van der Waals surface area contributed by atoms with Crippen LogP contribution in [0, 0.1) is 79.8 Å². The zero-order chi connectivity index (χ0) is 46.8. The number of amides is 2. The molecule has 6 saturated carbocycles. The number of ketones is 2. The molecule has 2 amide bonds. The van der Waals surface area contributed by atoms with Gasteiger partial charge in [-0.05, 0) is 137 Å². The Morgan fingerprint density at radius 3 is 1.67 bits per heavy atom. The molecule has 0 radical (unpaired) electrons. The van der Waals surface area contributed by atoms with Crippen molar-refractivity contribution in [2.45, 2.75) is 176 Å². The van der Waals surface area contributed by atoms with Gasteiger partial charge in [-0.25, -0.2) is 4.79 Å². The van der Waals surface area contributed by atoms with Crippen LogP contribution in [0.2, 0.25) is 0 Å². The zero-order valence-corrected chi connectivity index (χ0v) is 42.6. The second kappa shape index (κ2) is 18.9. The van der Waals surface area contributed by atoms with Gasteiger partial charge in [0, 0.05) is 78.5 Å². The highest BCUT2D eigenvalue weighted by Crippen LogP contribution is 2.70. The Labute approximate surface area is 395 Å². The molecule has 8 rings (SSSR count). The molecule has 5 unspecified atom stereocenters. The van der Waals surface area contributed by atoms with E-state index in [0.29, 0.717) is 55.2 Å². The lowest BCUT2D eigenvalue weighted by Crippen LogP contribution is -2.63. The number of carbonyl (C=O) groups excluding carboxylic acids is 4. The predicted octanol–water partition coefficient (Wildman–Crippen LogP) is 9.87. The molecule has 0 spiro atoms. The van der Waals surface area contributed by atoms with Crippen LogP contribution in [-0.2, 0) is 28.6 Å². The van der Waals surface area contributed by atoms with E-state index in [1.165, 1.54) is 0 Å². The molecular formula is C52H84Cl2N2O8. The Hall–Kier alpha value is -1.30. The molecule has 364 valence electrons. The number of methoxy groups -OCH3 is 2. The summed E-state index contributed by atoms with van der Waals surface area (Å²) in [5.74, 6) is 2.61. The van der Waals surface area contributed by atoms with Crippen molar-refractivity contribution in [1.82, 2.24) is 10.2 Å². The first-order chi connectivity index (χ1) is 30.2. The highest BCUT2D eigenvalue weighted by Gasteiger charge is 2.70. The maximum absolute atomic E-state index is 14.3. The number of nitrogens with zero attached hydrogens (tertiary/aromatic N) is 1. The number of nitrogens with one attached hydrogen (secondary N) is 1. The zero-order valence-electron chi connectivity index (χ0n) is 41.1. The summed E-state index contributed by atoms with van der Waals surface area (Å²) in [4.78, 5) is 56.8. The Morgan fingerprint density at radius 1 is 0.719 bits per heavy atom. The number of carbonyl (C=O) groups is 4. The topological polar surface area (TPSA) is 131 Å². The highest BCUT2D eigenvalue weighted by atomic mass is 35.5. The van der Waals surface area contributed by atoms with Crippen molar-refractivity contribution >= 4 is 46.8 Å². The summed E-state index contributed by atoms with van der Waals surface area (Å²) in [5, 5.41) is 14.1. The lowest BCUT2D eigenvalue weighted by atomic mass is 9.43. The largest absolute Gasteiger partial charge is 0.445 e. The van der Waals surface area contributed by atoms with Gasteiger partial charge in [0.1, 0.15) is 17.7 Å². The lowest BCUT2D eigenvalue weighted by Gasteiger charge is -2.61. The van der Waals surface area contributed by atoms with Crippen LogP contribution < -0.4 is 5.32 Å². The summed E-state index contributed by atoms with van der Waals surface area (Å²) in [7, 11) is 3.57. The molecule has 12 heteroatoms. The summed E-state index contributed by atoms with van der Waals surface area (Å²) in [6.07, 6.45) is 11.6. The van der Waals surface area contributed by atoms with Gasteiger partial charge in [-0.1, -0.05) is 55.4 Å². The van der Waals surface area contributed by atoms with Crippen LogP contribution in [0.25, 0.3) is 0 Å². The molecule has 0 aromatic rings. The normalized spacial score (nSPS) is 49.4. The molecule has 6 aliphatic carbocycles. The maximum Gasteiger partial charge on any atom is 0.414 e. The first-order valence-electron chi connectivity index (χ1n) is 25.4. The molecule has 10 nitrogen and oxygen atoms in total. The fraction of sp³-hybridized carbons (Fsp3) is 0.923. The minimum absolute atomic E-state index is 0.0177. The van der Waals surface area contributed by atoms with Gasteiger partial charge < -0.3 is 24.2 Å². The van der Waals surface area contributed by atoms with E-state index in [9.17, 15) is 24.3 Å². The molecule has 0 aromatic heterocycles. The molecule has 2 heterocycles. The number of alkyl halides is 2. The number of fused-ring (bicyclic) bond motifs is 2. The summed E-state index contributed by atoms with van der Waals surface area (Å²) in [6, 6.07) is 0. The van der Waals surface area contributed by atoms with E-state index in [4.69, 9.17) is 37.4 Å². The fourth-order valence-electron chi connectivity index (χ4n) is 17.0. The molecule has 19 atom stereocenters. The predicted molar refractivity (Wildman–Crippen MR) is 251 cm³/mol. The van der Waals surface area contributed by atoms with Crippen molar-refractivity contribution in [3.63, 3.8) is 0 Å². The Morgan fingerprint density at radius 2 is 1.20 bits per heavy atom. The molecule has 2 saturated heterocycles. The highest BCUT2D eigenvalue weighted by molar-refractivity contribution is 6.18. The third-order valence-corrected chi connectivity index (χ3v) is 21.7. The van der Waals surface area contributed by atoms with E-state index in [-0.39, 0.29) is 81.1 Å². The van der Waals surface area contributed by atoms with Crippen molar-refractivity contribution in [2.24, 2.45) is 79.8 Å². The van der Waals surface area contributed by atoms with Crippen LogP contribution in [0.4, 0.5) is 4.79 Å². The molecule has 8 fully saturated rings. The number of aliphatic hydroxyl groups is 1. The number of aliphatic hydroxyl groups excluding tert-OH is 1. The monoisotopic (exact) mass is 935 g/mol. The van der Waals surface area contributed by atoms with Gasteiger partial charge in [0.25, 0.3) is 0 Å². The number of rotatable bonds is 10. The van der Waals surface area contributed by atoms with Crippen molar-refractivity contribution in [2.75, 3.05) is 45.6 Å². The SMILES string of the molecule is CO[C@@H]1CCC23CC[C@@H](C)[C@](C)(C12)[C@H](O)C[C@@](C)(CCCCl)C(=O)[C@@H]3C.CO[C@@H]1CCC23CC[C@@H](C)[C@](C)(C12)[C@H](OC(=O)NC(=O)[C@H]1CN2CC[C@@H]1C2)C[C@@](C)(CCCCl)C(=O)[C@@H]3C. The molecule has 2 aliphatic heterocycles. The Bertz CT molecular complexity index is 1750. The van der Waals surface area contributed by atoms with E-state index < -0.39 is 29.1 Å². The summed E-state index contributed by atoms with van der Waals surface area (Å²) in [6.45, 7) is 20.2. The molecule has 8 aliphatic rings. The number of piperidine rings is 1. The van der Waals surface area contributed by atoms with Crippen LogP contribution in [0.5, 0.6) is 0 Å². The van der Waals surface area contributed by atoms with Gasteiger partial charge in [0.2, 0.25) is 5.91 Å². The van der Waals surface area contributed by atoms with E-state index in [2.05, 4.69) is 58.7 Å². The molecular weight excluding hydrogens is 851 g/mol. The number of hydrogen-bond acceptors (Lipinski definition) is 9. The van der Waals surface area contributed by atoms with Crippen molar-refractivity contribution in [3.05, 3.63) is 0 Å². The van der Waals surface area contributed by atoms with Gasteiger partial charge in [-0.2, -0.15) is 0 Å². The van der Waals surface area contributed by atoms with Crippen LogP contribution >= 0.6 is 23.2 Å². The molecule has 6 bridgehead atoms. The number of Topliss-reactive ketones (excluding diaryl/α,β-unsaturated/α-hetero) is 2. The van der Waals surface area contributed by atoms with Crippen LogP contribution in [0.15, 0.2) is 0 Å². The smallest absolute Gasteiger partial charge is 0.414 e. The Kier molecular flexibility index (Phi) is 14.9. The van der Waals surface area contributed by atoms with Crippen molar-refractivity contribution in [1.29, 1.82) is 0 Å². The molecule has 0 aromatic carbocycles. The minimum Gasteiger partial charge on any atom is -0.445 e.